The molecule has 3 heterocycles. The number of methoxy groups -OCH3 is 1. The highest BCUT2D eigenvalue weighted by Gasteiger charge is 2.43. The zero-order valence-electron chi connectivity index (χ0n) is 23.7. The fourth-order valence-electron chi connectivity index (χ4n) is 7.20. The van der Waals surface area contributed by atoms with E-state index in [0.29, 0.717) is 13.0 Å². The predicted molar refractivity (Wildman–Crippen MR) is 163 cm³/mol. The Kier molecular flexibility index (Phi) is 6.10. The monoisotopic (exact) mass is 530 g/mol. The van der Waals surface area contributed by atoms with Crippen molar-refractivity contribution < 1.29 is 14.4 Å². The van der Waals surface area contributed by atoms with E-state index >= 15 is 0 Å². The van der Waals surface area contributed by atoms with Gasteiger partial charge in [0.05, 0.1) is 23.4 Å². The van der Waals surface area contributed by atoms with Crippen LogP contribution in [0.15, 0.2) is 72.8 Å². The van der Waals surface area contributed by atoms with Gasteiger partial charge in [0, 0.05) is 44.1 Å². The van der Waals surface area contributed by atoms with Gasteiger partial charge in [-0.05, 0) is 51.3 Å². The fourth-order valence-corrected chi connectivity index (χ4v) is 7.20. The number of ether oxygens (including phenoxy) is 1. The smallest absolute Gasteiger partial charge is 0.302 e. The van der Waals surface area contributed by atoms with Crippen LogP contribution >= 0.6 is 0 Å². The number of rotatable bonds is 6. The van der Waals surface area contributed by atoms with E-state index in [1.54, 1.807) is 7.11 Å². The maximum absolute atomic E-state index is 10.3. The van der Waals surface area contributed by atoms with Crippen molar-refractivity contribution in [3.63, 3.8) is 0 Å². The zero-order chi connectivity index (χ0) is 27.5. The molecule has 0 bridgehead atoms. The molecular weight excluding hydrogens is 494 g/mol. The molecule has 0 saturated heterocycles. The number of hydrogen-bond donors (Lipinski definition) is 1. The summed E-state index contributed by atoms with van der Waals surface area (Å²) in [7, 11) is 3.97. The molecular formula is C35H36N3O2+. The van der Waals surface area contributed by atoms with Gasteiger partial charge in [-0.25, -0.2) is 4.57 Å². The Bertz CT molecular complexity index is 1920. The van der Waals surface area contributed by atoms with E-state index in [0.717, 1.165) is 23.3 Å². The minimum Gasteiger partial charge on any atom is -0.396 e. The van der Waals surface area contributed by atoms with Crippen LogP contribution in [0.5, 0.6) is 0 Å². The van der Waals surface area contributed by atoms with Crippen molar-refractivity contribution in [3.05, 3.63) is 84.2 Å². The van der Waals surface area contributed by atoms with Crippen molar-refractivity contribution in [1.82, 2.24) is 9.55 Å². The fraction of sp³-hybridized carbons (Fsp3) is 0.314. The summed E-state index contributed by atoms with van der Waals surface area (Å²) in [6.45, 7) is 5.28. The first-order valence-corrected chi connectivity index (χ1v) is 14.4. The third-order valence-electron chi connectivity index (χ3n) is 8.93. The van der Waals surface area contributed by atoms with Gasteiger partial charge >= 0.3 is 5.82 Å². The number of aromatic nitrogens is 3. The van der Waals surface area contributed by atoms with Gasteiger partial charge in [-0.15, -0.1) is 0 Å². The average Bonchev–Trinajstić information content (AvgIpc) is 3.27. The first kappa shape index (κ1) is 25.2. The van der Waals surface area contributed by atoms with Crippen LogP contribution in [0.25, 0.3) is 54.7 Å². The molecule has 1 aliphatic rings. The second-order valence-corrected chi connectivity index (χ2v) is 11.5. The van der Waals surface area contributed by atoms with Crippen molar-refractivity contribution in [3.8, 4) is 11.3 Å². The molecule has 0 amide bonds. The van der Waals surface area contributed by atoms with Crippen LogP contribution in [0, 0.1) is 0 Å². The number of benzene rings is 4. The highest BCUT2D eigenvalue weighted by atomic mass is 16.5. The molecule has 0 fully saturated rings. The Morgan fingerprint density at radius 2 is 1.62 bits per heavy atom. The van der Waals surface area contributed by atoms with Crippen LogP contribution < -0.4 is 4.57 Å². The number of aliphatic hydroxyl groups excluding tert-OH is 1. The summed E-state index contributed by atoms with van der Waals surface area (Å²) in [5.41, 5.74) is 7.23. The quantitative estimate of drug-likeness (QED) is 0.232. The van der Waals surface area contributed by atoms with E-state index in [4.69, 9.17) is 9.72 Å². The normalized spacial score (nSPS) is 16.9. The van der Waals surface area contributed by atoms with Crippen molar-refractivity contribution in [2.75, 3.05) is 20.3 Å². The second kappa shape index (κ2) is 9.69. The minimum atomic E-state index is 0.125. The summed E-state index contributed by atoms with van der Waals surface area (Å²) >= 11 is 0. The lowest BCUT2D eigenvalue weighted by atomic mass is 9.78. The lowest BCUT2D eigenvalue weighted by Gasteiger charge is -2.35. The largest absolute Gasteiger partial charge is 0.396 e. The molecule has 5 heteroatoms. The summed E-state index contributed by atoms with van der Waals surface area (Å²) in [6, 6.07) is 26.6. The summed E-state index contributed by atoms with van der Waals surface area (Å²) in [5.74, 6) is 1.47. The van der Waals surface area contributed by atoms with Gasteiger partial charge in [0.2, 0.25) is 5.52 Å². The van der Waals surface area contributed by atoms with E-state index in [9.17, 15) is 5.11 Å². The Morgan fingerprint density at radius 1 is 0.900 bits per heavy atom. The predicted octanol–water partition coefficient (Wildman–Crippen LogP) is 7.17. The molecule has 202 valence electrons. The van der Waals surface area contributed by atoms with Crippen LogP contribution in [0.4, 0.5) is 0 Å². The van der Waals surface area contributed by atoms with Gasteiger partial charge in [0.25, 0.3) is 0 Å². The van der Waals surface area contributed by atoms with Crippen LogP contribution in [0.1, 0.15) is 56.0 Å². The summed E-state index contributed by atoms with van der Waals surface area (Å²) in [5, 5.41) is 16.4. The summed E-state index contributed by atoms with van der Waals surface area (Å²) in [4.78, 5) is 5.47. The van der Waals surface area contributed by atoms with E-state index in [2.05, 4.69) is 103 Å². The molecule has 0 spiro atoms. The van der Waals surface area contributed by atoms with Gasteiger partial charge in [-0.3, -0.25) is 0 Å². The Hall–Kier alpha value is -3.80. The van der Waals surface area contributed by atoms with Gasteiger partial charge in [0.1, 0.15) is 11.6 Å². The van der Waals surface area contributed by atoms with Crippen molar-refractivity contribution in [2.24, 2.45) is 7.05 Å². The summed E-state index contributed by atoms with van der Waals surface area (Å²) in [6.07, 6.45) is 1.55. The molecule has 0 saturated carbocycles. The van der Waals surface area contributed by atoms with E-state index < -0.39 is 0 Å². The maximum Gasteiger partial charge on any atom is 0.302 e. The topological polar surface area (TPSA) is 51.2 Å². The molecule has 0 radical (unpaired) electrons. The number of aryl methyl sites for hydroxylation is 1. The van der Waals surface area contributed by atoms with E-state index in [-0.39, 0.29) is 24.5 Å². The summed E-state index contributed by atoms with van der Waals surface area (Å²) < 4.78 is 10.5. The third-order valence-corrected chi connectivity index (χ3v) is 8.93. The number of fused-ring (bicyclic) bond motifs is 10. The number of aliphatic hydroxyl groups is 1. The van der Waals surface area contributed by atoms with Gasteiger partial charge < -0.3 is 14.4 Å². The highest BCUT2D eigenvalue weighted by Crippen LogP contribution is 2.47. The Morgan fingerprint density at radius 3 is 2.35 bits per heavy atom. The van der Waals surface area contributed by atoms with Crippen molar-refractivity contribution in [2.45, 2.75) is 44.6 Å². The van der Waals surface area contributed by atoms with Gasteiger partial charge in [0.15, 0.2) is 5.69 Å². The minimum absolute atomic E-state index is 0.125. The maximum atomic E-state index is 10.3. The number of hydrogen-bond acceptors (Lipinski definition) is 3. The lowest BCUT2D eigenvalue weighted by molar-refractivity contribution is -0.728. The molecule has 4 aromatic carbocycles. The van der Waals surface area contributed by atoms with Crippen molar-refractivity contribution in [1.29, 1.82) is 0 Å². The van der Waals surface area contributed by atoms with Crippen LogP contribution in [0.3, 0.4) is 0 Å². The molecule has 1 N–H and O–H groups in total. The van der Waals surface area contributed by atoms with Crippen LogP contribution in [-0.4, -0.2) is 35.0 Å². The molecule has 2 unspecified atom stereocenters. The molecule has 0 aliphatic carbocycles. The molecule has 40 heavy (non-hydrogen) atoms. The Labute approximate surface area is 234 Å². The Balaban J connectivity index is 1.69. The van der Waals surface area contributed by atoms with Crippen molar-refractivity contribution >= 4 is 43.5 Å². The first-order valence-electron chi connectivity index (χ1n) is 14.4. The van der Waals surface area contributed by atoms with Gasteiger partial charge in [-0.2, -0.15) is 0 Å². The van der Waals surface area contributed by atoms with E-state index in [1.807, 2.05) is 0 Å². The average molecular weight is 531 g/mol. The van der Waals surface area contributed by atoms with E-state index in [1.165, 1.54) is 49.3 Å². The lowest BCUT2D eigenvalue weighted by Crippen LogP contribution is -2.52. The highest BCUT2D eigenvalue weighted by molar-refractivity contribution is 6.18. The third kappa shape index (κ3) is 3.61. The standard InChI is InChI=1S/C35H36N3O2/c1-21(2)35-36-31-27-14-13-22-9-7-8-12-25(22)32(27)37(3)34(31)33-29-20-24-11-6-5-10-23(24)19-28(29)26(15-17-39)30(38(33)35)16-18-40-4/h5-14,19-21,26,30,39H,15-18H2,1-4H3/q+1. The molecule has 6 aromatic rings. The van der Waals surface area contributed by atoms with Gasteiger partial charge in [-0.1, -0.05) is 68.4 Å². The SMILES string of the molecule is COCCC1C(CCO)c2cc3ccccc3cc2-c2c3c(nc(C(C)C)[n+]21)c1ccc2ccccc2c1n3C. The molecule has 5 nitrogen and oxygen atoms in total. The van der Waals surface area contributed by atoms with Crippen LogP contribution in [0.2, 0.25) is 0 Å². The molecule has 1 aliphatic heterocycles. The molecule has 2 aromatic heterocycles. The van der Waals surface area contributed by atoms with Crippen LogP contribution in [-0.2, 0) is 11.8 Å². The second-order valence-electron chi connectivity index (χ2n) is 11.5. The molecule has 7 rings (SSSR count). The first-order chi connectivity index (χ1) is 19.5. The molecule has 2 atom stereocenters. The number of nitrogens with zero attached hydrogens (tertiary/aromatic N) is 3. The zero-order valence-corrected chi connectivity index (χ0v) is 23.7.